The molecule has 0 fully saturated rings. The summed E-state index contributed by atoms with van der Waals surface area (Å²) in [5, 5.41) is 17.0. The zero-order chi connectivity index (χ0) is 15.3. The number of nitrogens with two attached hydrogens (primary N) is 1. The summed E-state index contributed by atoms with van der Waals surface area (Å²) in [7, 11) is 1.57. The number of nitrogens with zero attached hydrogens (tertiary/aromatic N) is 2. The summed E-state index contributed by atoms with van der Waals surface area (Å²) < 4.78 is 6.48. The standard InChI is InChI=1S/C13H24N4O3/c1-5-17-11(10(14)9(2)16-17)12(18)15-8-13(3,19)6-7-20-4/h19H,5-8,14H2,1-4H3,(H,15,18). The van der Waals surface area contributed by atoms with Crippen LogP contribution in [0.4, 0.5) is 5.69 Å². The van der Waals surface area contributed by atoms with Gasteiger partial charge in [-0.1, -0.05) is 0 Å². The Morgan fingerprint density at radius 3 is 2.80 bits per heavy atom. The minimum absolute atomic E-state index is 0.128. The third-order valence-corrected chi connectivity index (χ3v) is 3.16. The normalized spacial score (nSPS) is 14.1. The molecular weight excluding hydrogens is 260 g/mol. The van der Waals surface area contributed by atoms with Crippen molar-refractivity contribution in [3.05, 3.63) is 11.4 Å². The number of amides is 1. The molecule has 0 aliphatic heterocycles. The molecule has 0 aliphatic carbocycles. The maximum Gasteiger partial charge on any atom is 0.271 e. The lowest BCUT2D eigenvalue weighted by Crippen LogP contribution is -2.42. The van der Waals surface area contributed by atoms with Gasteiger partial charge in [-0.05, 0) is 20.8 Å². The second-order valence-corrected chi connectivity index (χ2v) is 5.09. The van der Waals surface area contributed by atoms with E-state index in [2.05, 4.69) is 10.4 Å². The van der Waals surface area contributed by atoms with Gasteiger partial charge in [-0.3, -0.25) is 9.48 Å². The fourth-order valence-corrected chi connectivity index (χ4v) is 1.83. The van der Waals surface area contributed by atoms with Gasteiger partial charge < -0.3 is 20.9 Å². The molecule has 20 heavy (non-hydrogen) atoms. The summed E-state index contributed by atoms with van der Waals surface area (Å²) in [6, 6.07) is 0. The van der Waals surface area contributed by atoms with Crippen LogP contribution in [0.15, 0.2) is 0 Å². The van der Waals surface area contributed by atoms with Crippen molar-refractivity contribution < 1.29 is 14.6 Å². The number of hydrogen-bond donors (Lipinski definition) is 3. The SMILES string of the molecule is CCn1nc(C)c(N)c1C(=O)NCC(C)(O)CCOC. The Bertz CT molecular complexity index is 468. The molecule has 0 bridgehead atoms. The summed E-state index contributed by atoms with van der Waals surface area (Å²) in [5.74, 6) is -0.331. The maximum atomic E-state index is 12.2. The summed E-state index contributed by atoms with van der Waals surface area (Å²) in [4.78, 5) is 12.2. The summed E-state index contributed by atoms with van der Waals surface area (Å²) >= 11 is 0. The molecule has 0 saturated carbocycles. The molecule has 4 N–H and O–H groups in total. The number of aryl methyl sites for hydroxylation is 2. The van der Waals surface area contributed by atoms with Crippen LogP contribution in [0.3, 0.4) is 0 Å². The van der Waals surface area contributed by atoms with Gasteiger partial charge in [-0.25, -0.2) is 0 Å². The number of anilines is 1. The highest BCUT2D eigenvalue weighted by Crippen LogP contribution is 2.16. The molecule has 0 spiro atoms. The number of aromatic nitrogens is 2. The number of carbonyl (C=O) groups excluding carboxylic acids is 1. The molecule has 0 saturated heterocycles. The number of methoxy groups -OCH3 is 1. The lowest BCUT2D eigenvalue weighted by molar-refractivity contribution is 0.0242. The lowest BCUT2D eigenvalue weighted by atomic mass is 10.0. The van der Waals surface area contributed by atoms with Crippen molar-refractivity contribution in [1.82, 2.24) is 15.1 Å². The van der Waals surface area contributed by atoms with Gasteiger partial charge in [0.25, 0.3) is 5.91 Å². The Morgan fingerprint density at radius 1 is 1.60 bits per heavy atom. The Morgan fingerprint density at radius 2 is 2.25 bits per heavy atom. The Kier molecular flexibility index (Phi) is 5.52. The van der Waals surface area contributed by atoms with Crippen LogP contribution in [0.5, 0.6) is 0 Å². The van der Waals surface area contributed by atoms with Crippen LogP contribution in [0, 0.1) is 6.92 Å². The van der Waals surface area contributed by atoms with Crippen molar-refractivity contribution in [2.24, 2.45) is 0 Å². The van der Waals surface area contributed by atoms with Gasteiger partial charge in [0.05, 0.1) is 17.0 Å². The van der Waals surface area contributed by atoms with E-state index >= 15 is 0 Å². The maximum absolute atomic E-state index is 12.2. The first-order chi connectivity index (χ1) is 9.32. The number of carbonyl (C=O) groups is 1. The van der Waals surface area contributed by atoms with Crippen LogP contribution in [0.1, 0.15) is 36.5 Å². The van der Waals surface area contributed by atoms with Crippen LogP contribution in [0.2, 0.25) is 0 Å². The highest BCUT2D eigenvalue weighted by molar-refractivity contribution is 5.98. The van der Waals surface area contributed by atoms with Gasteiger partial charge in [0.2, 0.25) is 0 Å². The number of rotatable bonds is 7. The Balaban J connectivity index is 2.72. The summed E-state index contributed by atoms with van der Waals surface area (Å²) in [6.07, 6.45) is 0.436. The number of aliphatic hydroxyl groups is 1. The van der Waals surface area contributed by atoms with Crippen LogP contribution < -0.4 is 11.1 Å². The fourth-order valence-electron chi connectivity index (χ4n) is 1.83. The van der Waals surface area contributed by atoms with Crippen LogP contribution in [-0.2, 0) is 11.3 Å². The lowest BCUT2D eigenvalue weighted by Gasteiger charge is -2.23. The van der Waals surface area contributed by atoms with E-state index in [1.54, 1.807) is 25.6 Å². The van der Waals surface area contributed by atoms with Gasteiger partial charge in [0.1, 0.15) is 5.69 Å². The average molecular weight is 284 g/mol. The number of ether oxygens (including phenoxy) is 1. The van der Waals surface area contributed by atoms with Crippen molar-refractivity contribution in [3.8, 4) is 0 Å². The summed E-state index contributed by atoms with van der Waals surface area (Å²) in [5.41, 5.74) is 6.20. The third kappa shape index (κ3) is 3.94. The zero-order valence-corrected chi connectivity index (χ0v) is 12.6. The van der Waals surface area contributed by atoms with E-state index in [-0.39, 0.29) is 12.5 Å². The molecule has 7 heteroatoms. The highest BCUT2D eigenvalue weighted by Gasteiger charge is 2.24. The molecule has 1 aromatic heterocycles. The molecule has 7 nitrogen and oxygen atoms in total. The highest BCUT2D eigenvalue weighted by atomic mass is 16.5. The molecule has 1 amide bonds. The van der Waals surface area contributed by atoms with Gasteiger partial charge in [0.15, 0.2) is 0 Å². The van der Waals surface area contributed by atoms with E-state index in [9.17, 15) is 9.90 Å². The van der Waals surface area contributed by atoms with E-state index in [0.717, 1.165) is 0 Å². The van der Waals surface area contributed by atoms with E-state index in [0.29, 0.717) is 36.6 Å². The van der Waals surface area contributed by atoms with Gasteiger partial charge >= 0.3 is 0 Å². The average Bonchev–Trinajstić information content (AvgIpc) is 2.69. The molecule has 1 atom stereocenters. The molecule has 1 rings (SSSR count). The molecule has 0 radical (unpaired) electrons. The van der Waals surface area contributed by atoms with Crippen molar-refractivity contribution in [3.63, 3.8) is 0 Å². The second kappa shape index (κ2) is 6.71. The molecule has 1 aromatic rings. The fraction of sp³-hybridized carbons (Fsp3) is 0.692. The van der Waals surface area contributed by atoms with Crippen molar-refractivity contribution >= 4 is 11.6 Å². The minimum Gasteiger partial charge on any atom is -0.395 e. The van der Waals surface area contributed by atoms with E-state index < -0.39 is 5.60 Å². The van der Waals surface area contributed by atoms with Crippen LogP contribution in [-0.4, -0.2) is 46.7 Å². The molecule has 0 aromatic carbocycles. The monoisotopic (exact) mass is 284 g/mol. The molecule has 0 aliphatic rings. The Hall–Kier alpha value is -1.60. The first-order valence-electron chi connectivity index (χ1n) is 6.64. The summed E-state index contributed by atoms with van der Waals surface area (Å²) in [6.45, 7) is 6.41. The predicted molar refractivity (Wildman–Crippen MR) is 76.5 cm³/mol. The third-order valence-electron chi connectivity index (χ3n) is 3.16. The zero-order valence-electron chi connectivity index (χ0n) is 12.6. The van der Waals surface area contributed by atoms with Gasteiger partial charge in [0, 0.05) is 33.2 Å². The molecule has 114 valence electrons. The number of nitrogen functional groups attached to an aromatic ring is 1. The largest absolute Gasteiger partial charge is 0.395 e. The van der Waals surface area contributed by atoms with E-state index in [1.165, 1.54) is 0 Å². The first-order valence-corrected chi connectivity index (χ1v) is 6.64. The van der Waals surface area contributed by atoms with Gasteiger partial charge in [-0.2, -0.15) is 5.10 Å². The van der Waals surface area contributed by atoms with Crippen molar-refractivity contribution in [2.45, 2.75) is 39.3 Å². The Labute approximate surface area is 119 Å². The van der Waals surface area contributed by atoms with Crippen molar-refractivity contribution in [1.29, 1.82) is 0 Å². The van der Waals surface area contributed by atoms with Crippen LogP contribution >= 0.6 is 0 Å². The van der Waals surface area contributed by atoms with E-state index in [1.807, 2.05) is 6.92 Å². The number of hydrogen-bond acceptors (Lipinski definition) is 5. The predicted octanol–water partition coefficient (Wildman–Crippen LogP) is 0.311. The second-order valence-electron chi connectivity index (χ2n) is 5.09. The molecular formula is C13H24N4O3. The topological polar surface area (TPSA) is 102 Å². The van der Waals surface area contributed by atoms with Crippen molar-refractivity contribution in [2.75, 3.05) is 26.0 Å². The van der Waals surface area contributed by atoms with Gasteiger partial charge in [-0.15, -0.1) is 0 Å². The molecule has 1 heterocycles. The number of nitrogens with one attached hydrogen (secondary N) is 1. The molecule has 1 unspecified atom stereocenters. The van der Waals surface area contributed by atoms with Crippen LogP contribution in [0.25, 0.3) is 0 Å². The van der Waals surface area contributed by atoms with E-state index in [4.69, 9.17) is 10.5 Å². The smallest absolute Gasteiger partial charge is 0.271 e. The quantitative estimate of drug-likeness (QED) is 0.669. The minimum atomic E-state index is -1.02. The first kappa shape index (κ1) is 16.5.